The number of anilines is 1. The van der Waals surface area contributed by atoms with Gasteiger partial charge < -0.3 is 15.4 Å². The number of methoxy groups -OCH3 is 1. The van der Waals surface area contributed by atoms with E-state index in [1.807, 2.05) is 12.1 Å². The second kappa shape index (κ2) is 6.65. The Bertz CT molecular complexity index is 376. The lowest BCUT2D eigenvalue weighted by atomic mass is 10.2. The van der Waals surface area contributed by atoms with Gasteiger partial charge in [-0.3, -0.25) is 9.59 Å². The number of hydrogen-bond acceptors (Lipinski definition) is 3. The van der Waals surface area contributed by atoms with Crippen LogP contribution in [0.25, 0.3) is 0 Å². The highest BCUT2D eigenvalue weighted by atomic mass is 16.5. The van der Waals surface area contributed by atoms with E-state index in [-0.39, 0.29) is 5.91 Å². The molecule has 1 rings (SSSR count). The predicted octanol–water partition coefficient (Wildman–Crippen LogP) is 0.906. The lowest BCUT2D eigenvalue weighted by molar-refractivity contribution is -0.120. The lowest BCUT2D eigenvalue weighted by Crippen LogP contribution is -2.37. The zero-order valence-electron chi connectivity index (χ0n) is 9.90. The Kier molecular flexibility index (Phi) is 5.16. The summed E-state index contributed by atoms with van der Waals surface area (Å²) in [4.78, 5) is 21.7. The van der Waals surface area contributed by atoms with Gasteiger partial charge in [-0.2, -0.15) is 0 Å². The van der Waals surface area contributed by atoms with E-state index in [1.54, 1.807) is 26.2 Å². The molecule has 0 radical (unpaired) electrons. The van der Waals surface area contributed by atoms with Gasteiger partial charge in [0.2, 0.25) is 12.3 Å². The lowest BCUT2D eigenvalue weighted by Gasteiger charge is -2.11. The van der Waals surface area contributed by atoms with Crippen molar-refractivity contribution in [1.82, 2.24) is 5.32 Å². The molecule has 5 heteroatoms. The molecule has 0 fully saturated rings. The zero-order valence-corrected chi connectivity index (χ0v) is 9.90. The summed E-state index contributed by atoms with van der Waals surface area (Å²) in [6, 6.07) is 6.78. The average Bonchev–Trinajstić information content (AvgIpc) is 2.32. The first-order chi connectivity index (χ1) is 8.17. The first-order valence-corrected chi connectivity index (χ1v) is 5.26. The van der Waals surface area contributed by atoms with E-state index in [9.17, 15) is 9.59 Å². The van der Waals surface area contributed by atoms with Gasteiger partial charge >= 0.3 is 0 Å². The summed E-state index contributed by atoms with van der Waals surface area (Å²) in [5.74, 6) is -0.253. The van der Waals surface area contributed by atoms with E-state index < -0.39 is 6.04 Å². The van der Waals surface area contributed by atoms with Gasteiger partial charge in [0.1, 0.15) is 6.04 Å². The fourth-order valence-corrected chi connectivity index (χ4v) is 1.28. The SMILES string of the molecule is COCc1ccc(NC(=O)C(C)NC=O)cc1. The van der Waals surface area contributed by atoms with Crippen LogP contribution in [0.2, 0.25) is 0 Å². The molecule has 1 aromatic rings. The molecule has 5 nitrogen and oxygen atoms in total. The maximum Gasteiger partial charge on any atom is 0.246 e. The van der Waals surface area contributed by atoms with Gasteiger partial charge in [0, 0.05) is 12.8 Å². The van der Waals surface area contributed by atoms with E-state index in [2.05, 4.69) is 10.6 Å². The van der Waals surface area contributed by atoms with Crippen molar-refractivity contribution in [3.8, 4) is 0 Å². The second-order valence-electron chi connectivity index (χ2n) is 3.63. The molecule has 1 atom stereocenters. The van der Waals surface area contributed by atoms with Crippen molar-refractivity contribution in [2.24, 2.45) is 0 Å². The summed E-state index contributed by atoms with van der Waals surface area (Å²) in [6.07, 6.45) is 0.506. The van der Waals surface area contributed by atoms with Gasteiger partial charge in [0.25, 0.3) is 0 Å². The van der Waals surface area contributed by atoms with Crippen LogP contribution in [-0.4, -0.2) is 25.5 Å². The number of ether oxygens (including phenoxy) is 1. The van der Waals surface area contributed by atoms with Crippen LogP contribution < -0.4 is 10.6 Å². The highest BCUT2D eigenvalue weighted by Gasteiger charge is 2.10. The Balaban J connectivity index is 2.56. The fraction of sp³-hybridized carbons (Fsp3) is 0.333. The Morgan fingerprint density at radius 2 is 2.06 bits per heavy atom. The molecule has 0 saturated carbocycles. The van der Waals surface area contributed by atoms with Crippen molar-refractivity contribution >= 4 is 18.0 Å². The molecule has 0 spiro atoms. The van der Waals surface area contributed by atoms with Gasteiger partial charge in [-0.25, -0.2) is 0 Å². The Morgan fingerprint density at radius 1 is 1.41 bits per heavy atom. The standard InChI is InChI=1S/C12H16N2O3/c1-9(13-8-15)12(16)14-11-5-3-10(4-6-11)7-17-2/h3-6,8-9H,7H2,1-2H3,(H,13,15)(H,14,16). The van der Waals surface area contributed by atoms with Crippen molar-refractivity contribution in [1.29, 1.82) is 0 Å². The minimum absolute atomic E-state index is 0.253. The summed E-state index contributed by atoms with van der Waals surface area (Å²) in [5, 5.41) is 5.08. The van der Waals surface area contributed by atoms with Crippen molar-refractivity contribution in [2.45, 2.75) is 19.6 Å². The Hall–Kier alpha value is -1.88. The van der Waals surface area contributed by atoms with E-state index in [4.69, 9.17) is 4.74 Å². The molecule has 1 aromatic carbocycles. The quantitative estimate of drug-likeness (QED) is 0.721. The van der Waals surface area contributed by atoms with Crippen molar-refractivity contribution < 1.29 is 14.3 Å². The molecule has 0 aliphatic carbocycles. The van der Waals surface area contributed by atoms with Gasteiger partial charge in [-0.1, -0.05) is 12.1 Å². The minimum atomic E-state index is -0.550. The van der Waals surface area contributed by atoms with Gasteiger partial charge in [0.05, 0.1) is 6.61 Å². The van der Waals surface area contributed by atoms with Gasteiger partial charge in [-0.05, 0) is 24.6 Å². The van der Waals surface area contributed by atoms with Crippen LogP contribution in [0.3, 0.4) is 0 Å². The number of nitrogens with one attached hydrogen (secondary N) is 2. The predicted molar refractivity (Wildman–Crippen MR) is 64.4 cm³/mol. The molecule has 2 N–H and O–H groups in total. The number of amides is 2. The normalized spacial score (nSPS) is 11.6. The van der Waals surface area contributed by atoms with E-state index >= 15 is 0 Å². The topological polar surface area (TPSA) is 67.4 Å². The van der Waals surface area contributed by atoms with E-state index in [1.165, 1.54) is 0 Å². The van der Waals surface area contributed by atoms with Crippen LogP contribution in [-0.2, 0) is 20.9 Å². The molecule has 0 bridgehead atoms. The molecule has 2 amide bonds. The fourth-order valence-electron chi connectivity index (χ4n) is 1.28. The van der Waals surface area contributed by atoms with Crippen molar-refractivity contribution in [2.75, 3.05) is 12.4 Å². The van der Waals surface area contributed by atoms with Crippen LogP contribution in [0.5, 0.6) is 0 Å². The van der Waals surface area contributed by atoms with Crippen molar-refractivity contribution in [3.05, 3.63) is 29.8 Å². The van der Waals surface area contributed by atoms with Gasteiger partial charge in [0.15, 0.2) is 0 Å². The van der Waals surface area contributed by atoms with Crippen molar-refractivity contribution in [3.63, 3.8) is 0 Å². The van der Waals surface area contributed by atoms with E-state index in [0.717, 1.165) is 5.56 Å². The largest absolute Gasteiger partial charge is 0.380 e. The summed E-state index contributed by atoms with van der Waals surface area (Å²) in [6.45, 7) is 2.15. The monoisotopic (exact) mass is 236 g/mol. The molecule has 92 valence electrons. The Labute approximate surface area is 100 Å². The maximum absolute atomic E-state index is 11.6. The smallest absolute Gasteiger partial charge is 0.246 e. The highest BCUT2D eigenvalue weighted by molar-refractivity contribution is 5.95. The highest BCUT2D eigenvalue weighted by Crippen LogP contribution is 2.10. The molecule has 1 unspecified atom stereocenters. The van der Waals surface area contributed by atoms with Crippen LogP contribution >= 0.6 is 0 Å². The number of hydrogen-bond donors (Lipinski definition) is 2. The van der Waals surface area contributed by atoms with Crippen LogP contribution in [0, 0.1) is 0 Å². The molecule has 17 heavy (non-hydrogen) atoms. The summed E-state index contributed by atoms with van der Waals surface area (Å²) in [7, 11) is 1.63. The number of carbonyl (C=O) groups is 2. The molecular formula is C12H16N2O3. The molecule has 0 aliphatic heterocycles. The summed E-state index contributed by atoms with van der Waals surface area (Å²) >= 11 is 0. The van der Waals surface area contributed by atoms with Gasteiger partial charge in [-0.15, -0.1) is 0 Å². The molecular weight excluding hydrogens is 220 g/mol. The summed E-state index contributed by atoms with van der Waals surface area (Å²) in [5.41, 5.74) is 1.72. The number of rotatable bonds is 6. The number of carbonyl (C=O) groups excluding carboxylic acids is 2. The van der Waals surface area contributed by atoms with Crippen LogP contribution in [0.15, 0.2) is 24.3 Å². The first kappa shape index (κ1) is 13.2. The third-order valence-electron chi connectivity index (χ3n) is 2.24. The number of benzene rings is 1. The van der Waals surface area contributed by atoms with E-state index in [0.29, 0.717) is 18.7 Å². The third kappa shape index (κ3) is 4.24. The van der Waals surface area contributed by atoms with Crippen LogP contribution in [0.4, 0.5) is 5.69 Å². The minimum Gasteiger partial charge on any atom is -0.380 e. The zero-order chi connectivity index (χ0) is 12.7. The second-order valence-corrected chi connectivity index (χ2v) is 3.63. The molecule has 0 saturated heterocycles. The average molecular weight is 236 g/mol. The maximum atomic E-state index is 11.6. The third-order valence-corrected chi connectivity index (χ3v) is 2.24. The summed E-state index contributed by atoms with van der Waals surface area (Å²) < 4.78 is 4.98. The first-order valence-electron chi connectivity index (χ1n) is 5.26. The molecule has 0 aliphatic rings. The Morgan fingerprint density at radius 3 is 2.59 bits per heavy atom. The van der Waals surface area contributed by atoms with Crippen LogP contribution in [0.1, 0.15) is 12.5 Å². The molecule has 0 aromatic heterocycles. The molecule has 0 heterocycles.